The second-order valence-corrected chi connectivity index (χ2v) is 5.80. The second-order valence-electron chi connectivity index (χ2n) is 3.57. The second kappa shape index (κ2) is 7.11. The summed E-state index contributed by atoms with van der Waals surface area (Å²) in [5, 5.41) is 7.86. The number of thioether (sulfide) groups is 1. The molecule has 0 saturated carbocycles. The topological polar surface area (TPSA) is 87.3 Å². The van der Waals surface area contributed by atoms with Gasteiger partial charge in [-0.05, 0) is 31.2 Å². The van der Waals surface area contributed by atoms with Crippen LogP contribution in [-0.2, 0) is 4.79 Å². The van der Waals surface area contributed by atoms with Crippen molar-refractivity contribution < 1.29 is 14.3 Å². The lowest BCUT2D eigenvalue weighted by Gasteiger charge is -2.05. The monoisotopic (exact) mass is 311 g/mol. The first-order valence-electron chi connectivity index (χ1n) is 5.82. The van der Waals surface area contributed by atoms with Gasteiger partial charge in [0.25, 0.3) is 0 Å². The third kappa shape index (κ3) is 4.39. The van der Waals surface area contributed by atoms with Gasteiger partial charge in [0.15, 0.2) is 4.34 Å². The fourth-order valence-electron chi connectivity index (χ4n) is 1.33. The molecule has 2 N–H and O–H groups in total. The molecule has 0 fully saturated rings. The van der Waals surface area contributed by atoms with Gasteiger partial charge in [0.2, 0.25) is 5.13 Å². The standard InChI is InChI=1S/C12H13N3O3S2/c1-2-17-8-3-5-9(6-4-8)18-10(16)7-19-12-15-14-11(13)20-12/h3-6H,2,7H2,1H3,(H2,13,14). The summed E-state index contributed by atoms with van der Waals surface area (Å²) in [7, 11) is 0. The van der Waals surface area contributed by atoms with Crippen LogP contribution in [0.25, 0.3) is 0 Å². The molecular formula is C12H13N3O3S2. The Labute approximate surface area is 124 Å². The van der Waals surface area contributed by atoms with Gasteiger partial charge < -0.3 is 15.2 Å². The average molecular weight is 311 g/mol. The number of hydrogen-bond acceptors (Lipinski definition) is 8. The van der Waals surface area contributed by atoms with Crippen LogP contribution >= 0.6 is 23.1 Å². The molecule has 0 saturated heterocycles. The van der Waals surface area contributed by atoms with E-state index < -0.39 is 0 Å². The molecule has 0 unspecified atom stereocenters. The summed E-state index contributed by atoms with van der Waals surface area (Å²) in [6.07, 6.45) is 0. The Bertz CT molecular complexity index is 572. The number of hydrogen-bond donors (Lipinski definition) is 1. The number of nitrogen functional groups attached to an aromatic ring is 1. The number of benzene rings is 1. The molecular weight excluding hydrogens is 298 g/mol. The highest BCUT2D eigenvalue weighted by atomic mass is 32.2. The van der Waals surface area contributed by atoms with E-state index in [-0.39, 0.29) is 11.7 Å². The van der Waals surface area contributed by atoms with Crippen LogP contribution in [0, 0.1) is 0 Å². The number of rotatable bonds is 6. The zero-order valence-electron chi connectivity index (χ0n) is 10.7. The van der Waals surface area contributed by atoms with E-state index in [1.165, 1.54) is 23.1 Å². The van der Waals surface area contributed by atoms with Crippen LogP contribution in [-0.4, -0.2) is 28.5 Å². The van der Waals surface area contributed by atoms with Gasteiger partial charge in [0.05, 0.1) is 12.4 Å². The van der Waals surface area contributed by atoms with Crippen molar-refractivity contribution in [1.82, 2.24) is 10.2 Å². The molecule has 0 spiro atoms. The predicted octanol–water partition coefficient (Wildman–Crippen LogP) is 2.22. The molecule has 0 aliphatic carbocycles. The minimum Gasteiger partial charge on any atom is -0.494 e. The van der Waals surface area contributed by atoms with Crippen molar-refractivity contribution in [2.24, 2.45) is 0 Å². The normalized spacial score (nSPS) is 10.2. The summed E-state index contributed by atoms with van der Waals surface area (Å²) in [5.74, 6) is 1.02. The van der Waals surface area contributed by atoms with Gasteiger partial charge in [-0.25, -0.2) is 0 Å². The van der Waals surface area contributed by atoms with E-state index in [1.54, 1.807) is 24.3 Å². The van der Waals surface area contributed by atoms with Crippen molar-refractivity contribution in [2.75, 3.05) is 18.1 Å². The van der Waals surface area contributed by atoms with Gasteiger partial charge >= 0.3 is 5.97 Å². The molecule has 0 aliphatic rings. The average Bonchev–Trinajstić information content (AvgIpc) is 2.85. The molecule has 8 heteroatoms. The largest absolute Gasteiger partial charge is 0.494 e. The third-order valence-electron chi connectivity index (χ3n) is 2.10. The van der Waals surface area contributed by atoms with Gasteiger partial charge in [-0.15, -0.1) is 10.2 Å². The van der Waals surface area contributed by atoms with Crippen LogP contribution in [0.3, 0.4) is 0 Å². The maximum Gasteiger partial charge on any atom is 0.321 e. The Morgan fingerprint density at radius 2 is 2.00 bits per heavy atom. The minimum atomic E-state index is -0.354. The van der Waals surface area contributed by atoms with Crippen molar-refractivity contribution in [3.8, 4) is 11.5 Å². The summed E-state index contributed by atoms with van der Waals surface area (Å²) in [4.78, 5) is 11.7. The third-order valence-corrected chi connectivity index (χ3v) is 3.96. The van der Waals surface area contributed by atoms with Gasteiger partial charge in [0.1, 0.15) is 11.5 Å². The first-order chi connectivity index (χ1) is 9.67. The van der Waals surface area contributed by atoms with E-state index >= 15 is 0 Å². The van der Waals surface area contributed by atoms with Crippen molar-refractivity contribution in [1.29, 1.82) is 0 Å². The molecule has 1 aromatic carbocycles. The Kier molecular flexibility index (Phi) is 5.19. The number of anilines is 1. The van der Waals surface area contributed by atoms with E-state index in [0.29, 0.717) is 21.8 Å². The molecule has 0 aliphatic heterocycles. The molecule has 6 nitrogen and oxygen atoms in total. The number of nitrogens with zero attached hydrogens (tertiary/aromatic N) is 2. The lowest BCUT2D eigenvalue weighted by atomic mass is 10.3. The van der Waals surface area contributed by atoms with Gasteiger partial charge in [0, 0.05) is 0 Å². The Morgan fingerprint density at radius 3 is 2.60 bits per heavy atom. The molecule has 0 atom stereocenters. The number of ether oxygens (including phenoxy) is 2. The van der Waals surface area contributed by atoms with Gasteiger partial charge in [-0.2, -0.15) is 0 Å². The highest BCUT2D eigenvalue weighted by molar-refractivity contribution is 8.01. The Hall–Kier alpha value is -1.80. The van der Waals surface area contributed by atoms with Crippen molar-refractivity contribution in [3.05, 3.63) is 24.3 Å². The van der Waals surface area contributed by atoms with E-state index in [1.807, 2.05) is 6.92 Å². The molecule has 1 aromatic heterocycles. The summed E-state index contributed by atoms with van der Waals surface area (Å²) < 4.78 is 11.1. The quantitative estimate of drug-likeness (QED) is 0.497. The van der Waals surface area contributed by atoms with Gasteiger partial charge in [-0.3, -0.25) is 4.79 Å². The van der Waals surface area contributed by atoms with Crippen LogP contribution < -0.4 is 15.2 Å². The molecule has 106 valence electrons. The lowest BCUT2D eigenvalue weighted by molar-refractivity contribution is -0.131. The molecule has 2 aromatic rings. The fraction of sp³-hybridized carbons (Fsp3) is 0.250. The summed E-state index contributed by atoms with van der Waals surface area (Å²) in [6.45, 7) is 2.51. The SMILES string of the molecule is CCOc1ccc(OC(=O)CSc2nnc(N)s2)cc1. The molecule has 1 heterocycles. The smallest absolute Gasteiger partial charge is 0.321 e. The van der Waals surface area contributed by atoms with Crippen LogP contribution in [0.15, 0.2) is 28.6 Å². The van der Waals surface area contributed by atoms with E-state index in [2.05, 4.69) is 10.2 Å². The molecule has 20 heavy (non-hydrogen) atoms. The molecule has 0 bridgehead atoms. The zero-order chi connectivity index (χ0) is 14.4. The van der Waals surface area contributed by atoms with Crippen LogP contribution in [0.1, 0.15) is 6.92 Å². The number of carbonyl (C=O) groups is 1. The van der Waals surface area contributed by atoms with Crippen molar-refractivity contribution >= 4 is 34.2 Å². The highest BCUT2D eigenvalue weighted by Crippen LogP contribution is 2.24. The first kappa shape index (κ1) is 14.6. The number of nitrogens with two attached hydrogens (primary N) is 1. The van der Waals surface area contributed by atoms with Crippen molar-refractivity contribution in [2.45, 2.75) is 11.3 Å². The van der Waals surface area contributed by atoms with Crippen LogP contribution in [0.5, 0.6) is 11.5 Å². The summed E-state index contributed by atoms with van der Waals surface area (Å²) >= 11 is 2.48. The number of carbonyl (C=O) groups excluding carboxylic acids is 1. The molecule has 0 radical (unpaired) electrons. The maximum absolute atomic E-state index is 11.7. The first-order valence-corrected chi connectivity index (χ1v) is 7.63. The highest BCUT2D eigenvalue weighted by Gasteiger charge is 2.09. The lowest BCUT2D eigenvalue weighted by Crippen LogP contribution is -2.10. The van der Waals surface area contributed by atoms with Crippen LogP contribution in [0.2, 0.25) is 0 Å². The summed E-state index contributed by atoms with van der Waals surface area (Å²) in [5.41, 5.74) is 5.45. The Morgan fingerprint density at radius 1 is 1.30 bits per heavy atom. The Balaban J connectivity index is 1.81. The van der Waals surface area contributed by atoms with E-state index in [0.717, 1.165) is 5.75 Å². The van der Waals surface area contributed by atoms with Crippen molar-refractivity contribution in [3.63, 3.8) is 0 Å². The van der Waals surface area contributed by atoms with Gasteiger partial charge in [-0.1, -0.05) is 23.1 Å². The molecule has 2 rings (SSSR count). The van der Waals surface area contributed by atoms with Crippen LogP contribution in [0.4, 0.5) is 5.13 Å². The fourth-order valence-corrected chi connectivity index (χ4v) is 2.74. The maximum atomic E-state index is 11.7. The number of aromatic nitrogens is 2. The summed E-state index contributed by atoms with van der Waals surface area (Å²) in [6, 6.07) is 6.89. The molecule has 0 amide bonds. The number of esters is 1. The van der Waals surface area contributed by atoms with E-state index in [9.17, 15) is 4.79 Å². The zero-order valence-corrected chi connectivity index (χ0v) is 12.4. The predicted molar refractivity (Wildman–Crippen MR) is 78.3 cm³/mol. The minimum absolute atomic E-state index is 0.155. The van der Waals surface area contributed by atoms with E-state index in [4.69, 9.17) is 15.2 Å².